The molecule has 0 radical (unpaired) electrons. The molecular formula is C27H27Cl2N3O2. The summed E-state index contributed by atoms with van der Waals surface area (Å²) in [6.07, 6.45) is 1.44. The second kappa shape index (κ2) is 10.9. The van der Waals surface area contributed by atoms with Crippen LogP contribution in [-0.4, -0.2) is 28.6 Å². The Labute approximate surface area is 209 Å². The lowest BCUT2D eigenvalue weighted by Gasteiger charge is -2.12. The van der Waals surface area contributed by atoms with Crippen LogP contribution in [0.15, 0.2) is 60.7 Å². The molecule has 0 aliphatic heterocycles. The number of para-hydroxylation sites is 2. The van der Waals surface area contributed by atoms with Gasteiger partial charge in [-0.2, -0.15) is 0 Å². The molecule has 34 heavy (non-hydrogen) atoms. The van der Waals surface area contributed by atoms with Crippen molar-refractivity contribution in [1.29, 1.82) is 0 Å². The summed E-state index contributed by atoms with van der Waals surface area (Å²) in [5.74, 6) is 1.62. The maximum atomic E-state index is 12.4. The molecule has 1 amide bonds. The Morgan fingerprint density at radius 2 is 1.79 bits per heavy atom. The van der Waals surface area contributed by atoms with Gasteiger partial charge in [0.2, 0.25) is 0 Å². The van der Waals surface area contributed by atoms with Gasteiger partial charge < -0.3 is 14.6 Å². The summed E-state index contributed by atoms with van der Waals surface area (Å²) >= 11 is 12.3. The smallest absolute Gasteiger partial charge is 0.251 e. The van der Waals surface area contributed by atoms with Gasteiger partial charge in [-0.15, -0.1) is 0 Å². The van der Waals surface area contributed by atoms with Gasteiger partial charge in [0.15, 0.2) is 0 Å². The van der Waals surface area contributed by atoms with E-state index in [2.05, 4.69) is 16.0 Å². The van der Waals surface area contributed by atoms with E-state index in [4.69, 9.17) is 32.9 Å². The van der Waals surface area contributed by atoms with Crippen molar-refractivity contribution >= 4 is 40.1 Å². The molecule has 176 valence electrons. The minimum absolute atomic E-state index is 0.146. The van der Waals surface area contributed by atoms with Crippen LogP contribution in [0.2, 0.25) is 10.0 Å². The summed E-state index contributed by atoms with van der Waals surface area (Å²) in [7, 11) is 0. The predicted molar refractivity (Wildman–Crippen MR) is 138 cm³/mol. The Kier molecular flexibility index (Phi) is 7.76. The highest BCUT2D eigenvalue weighted by Gasteiger charge is 2.12. The average molecular weight is 496 g/mol. The fraction of sp³-hybridized carbons (Fsp3) is 0.259. The monoisotopic (exact) mass is 495 g/mol. The first-order valence-electron chi connectivity index (χ1n) is 11.3. The molecule has 0 aliphatic rings. The SMILES string of the molecule is Cc1cc(OCCCn2c(CCNC(=O)c3cccc(Cl)c3)nc3ccccc32)cc(C)c1Cl. The van der Waals surface area contributed by atoms with Crippen molar-refractivity contribution in [3.05, 3.63) is 93.2 Å². The van der Waals surface area contributed by atoms with Crippen LogP contribution in [0, 0.1) is 13.8 Å². The van der Waals surface area contributed by atoms with Crippen molar-refractivity contribution < 1.29 is 9.53 Å². The van der Waals surface area contributed by atoms with Gasteiger partial charge in [0.25, 0.3) is 5.91 Å². The van der Waals surface area contributed by atoms with E-state index in [0.29, 0.717) is 30.2 Å². The molecule has 0 spiro atoms. The number of rotatable bonds is 9. The number of amides is 1. The highest BCUT2D eigenvalue weighted by Crippen LogP contribution is 2.26. The Bertz CT molecular complexity index is 1290. The summed E-state index contributed by atoms with van der Waals surface area (Å²) in [5.41, 5.74) is 4.60. The van der Waals surface area contributed by atoms with E-state index in [1.807, 2.05) is 44.2 Å². The van der Waals surface area contributed by atoms with E-state index in [1.54, 1.807) is 24.3 Å². The molecule has 5 nitrogen and oxygen atoms in total. The molecule has 0 unspecified atom stereocenters. The largest absolute Gasteiger partial charge is 0.494 e. The number of hydrogen-bond donors (Lipinski definition) is 1. The highest BCUT2D eigenvalue weighted by molar-refractivity contribution is 6.32. The van der Waals surface area contributed by atoms with E-state index >= 15 is 0 Å². The van der Waals surface area contributed by atoms with Crippen LogP contribution < -0.4 is 10.1 Å². The number of aromatic nitrogens is 2. The van der Waals surface area contributed by atoms with Crippen molar-refractivity contribution in [2.45, 2.75) is 33.2 Å². The van der Waals surface area contributed by atoms with Crippen LogP contribution in [0.1, 0.15) is 33.7 Å². The van der Waals surface area contributed by atoms with Crippen LogP contribution >= 0.6 is 23.2 Å². The van der Waals surface area contributed by atoms with Crippen molar-refractivity contribution in [2.75, 3.05) is 13.2 Å². The standard InChI is InChI=1S/C27H27Cl2N3O2/c1-18-15-22(16-19(2)26(18)29)34-14-6-13-32-24-10-4-3-9-23(24)31-25(32)11-12-30-27(33)20-7-5-8-21(28)17-20/h3-5,7-10,15-17H,6,11-14H2,1-2H3,(H,30,33). The Morgan fingerprint density at radius 1 is 1.03 bits per heavy atom. The third-order valence-electron chi connectivity index (χ3n) is 5.66. The summed E-state index contributed by atoms with van der Waals surface area (Å²) < 4.78 is 8.19. The first-order chi connectivity index (χ1) is 16.4. The lowest BCUT2D eigenvalue weighted by molar-refractivity contribution is 0.0954. The number of imidazole rings is 1. The van der Waals surface area contributed by atoms with Crippen LogP contribution in [0.4, 0.5) is 0 Å². The lowest BCUT2D eigenvalue weighted by atomic mass is 10.1. The highest BCUT2D eigenvalue weighted by atomic mass is 35.5. The number of aryl methyl sites for hydroxylation is 3. The second-order valence-corrected chi connectivity index (χ2v) is 9.07. The van der Waals surface area contributed by atoms with E-state index in [9.17, 15) is 4.79 Å². The number of carbonyl (C=O) groups excluding carboxylic acids is 1. The number of ether oxygens (including phenoxy) is 1. The van der Waals surface area contributed by atoms with Gasteiger partial charge in [-0.25, -0.2) is 4.98 Å². The molecule has 0 saturated carbocycles. The average Bonchev–Trinajstić information content (AvgIpc) is 3.17. The number of nitrogens with zero attached hydrogens (tertiary/aromatic N) is 2. The molecule has 0 saturated heterocycles. The third-order valence-corrected chi connectivity index (χ3v) is 6.49. The summed E-state index contributed by atoms with van der Waals surface area (Å²) in [6, 6.07) is 18.9. The zero-order valence-corrected chi connectivity index (χ0v) is 20.8. The number of nitrogens with one attached hydrogen (secondary N) is 1. The molecule has 1 N–H and O–H groups in total. The topological polar surface area (TPSA) is 56.1 Å². The van der Waals surface area contributed by atoms with Gasteiger partial charge in [0, 0.05) is 35.1 Å². The Balaban J connectivity index is 1.38. The molecule has 0 fully saturated rings. The maximum Gasteiger partial charge on any atom is 0.251 e. The van der Waals surface area contributed by atoms with E-state index < -0.39 is 0 Å². The molecule has 0 aliphatic carbocycles. The third kappa shape index (κ3) is 5.72. The Morgan fingerprint density at radius 3 is 2.56 bits per heavy atom. The summed E-state index contributed by atoms with van der Waals surface area (Å²) in [4.78, 5) is 17.2. The molecule has 0 bridgehead atoms. The predicted octanol–water partition coefficient (Wildman–Crippen LogP) is 6.40. The normalized spacial score (nSPS) is 11.1. The fourth-order valence-corrected chi connectivity index (χ4v) is 4.29. The number of fused-ring (bicyclic) bond motifs is 1. The summed E-state index contributed by atoms with van der Waals surface area (Å²) in [6.45, 7) is 5.80. The molecule has 0 atom stereocenters. The maximum absolute atomic E-state index is 12.4. The van der Waals surface area contributed by atoms with E-state index in [0.717, 1.165) is 51.7 Å². The Hall–Kier alpha value is -3.02. The minimum Gasteiger partial charge on any atom is -0.494 e. The van der Waals surface area contributed by atoms with Crippen LogP contribution in [0.25, 0.3) is 11.0 Å². The minimum atomic E-state index is -0.146. The second-order valence-electron chi connectivity index (χ2n) is 8.26. The van der Waals surface area contributed by atoms with Crippen molar-refractivity contribution in [1.82, 2.24) is 14.9 Å². The van der Waals surface area contributed by atoms with E-state index in [-0.39, 0.29) is 5.91 Å². The molecule has 1 heterocycles. The molecule has 4 rings (SSSR count). The quantitative estimate of drug-likeness (QED) is 0.273. The zero-order chi connectivity index (χ0) is 24.1. The number of carbonyl (C=O) groups is 1. The molecule has 1 aromatic heterocycles. The van der Waals surface area contributed by atoms with Gasteiger partial charge in [-0.1, -0.05) is 41.4 Å². The van der Waals surface area contributed by atoms with E-state index in [1.165, 1.54) is 0 Å². The summed E-state index contributed by atoms with van der Waals surface area (Å²) in [5, 5.41) is 4.29. The fourth-order valence-electron chi connectivity index (χ4n) is 3.99. The lowest BCUT2D eigenvalue weighted by Crippen LogP contribution is -2.26. The van der Waals surface area contributed by atoms with Crippen molar-refractivity contribution in [2.24, 2.45) is 0 Å². The van der Waals surface area contributed by atoms with Gasteiger partial charge in [-0.05, 0) is 73.9 Å². The van der Waals surface area contributed by atoms with Crippen LogP contribution in [-0.2, 0) is 13.0 Å². The first-order valence-corrected chi connectivity index (χ1v) is 12.1. The van der Waals surface area contributed by atoms with Gasteiger partial charge in [-0.3, -0.25) is 4.79 Å². The molecule has 7 heteroatoms. The molecule has 3 aromatic carbocycles. The molecule has 4 aromatic rings. The number of halogens is 2. The molecular weight excluding hydrogens is 469 g/mol. The van der Waals surface area contributed by atoms with Gasteiger partial charge >= 0.3 is 0 Å². The first kappa shape index (κ1) is 24.1. The zero-order valence-electron chi connectivity index (χ0n) is 19.3. The number of benzene rings is 3. The van der Waals surface area contributed by atoms with Gasteiger partial charge in [0.05, 0.1) is 17.6 Å². The van der Waals surface area contributed by atoms with Crippen LogP contribution in [0.5, 0.6) is 5.75 Å². The van der Waals surface area contributed by atoms with Crippen molar-refractivity contribution in [3.63, 3.8) is 0 Å². The van der Waals surface area contributed by atoms with Crippen LogP contribution in [0.3, 0.4) is 0 Å². The van der Waals surface area contributed by atoms with Crippen molar-refractivity contribution in [3.8, 4) is 5.75 Å². The van der Waals surface area contributed by atoms with Gasteiger partial charge in [0.1, 0.15) is 11.6 Å². The number of hydrogen-bond acceptors (Lipinski definition) is 3.